The van der Waals surface area contributed by atoms with Gasteiger partial charge in [0.1, 0.15) is 0 Å². The minimum absolute atomic E-state index is 0.0187. The van der Waals surface area contributed by atoms with E-state index in [9.17, 15) is 0 Å². The molecule has 2 atom stereocenters. The maximum Gasteiger partial charge on any atom is -0.00923 e. The topological polar surface area (TPSA) is 3.24 Å². The molecule has 1 rings (SSSR count). The van der Waals surface area contributed by atoms with E-state index in [1.165, 1.54) is 11.5 Å². The van der Waals surface area contributed by atoms with Crippen molar-refractivity contribution in [3.05, 3.63) is 23.8 Å². The highest BCUT2D eigenvalue weighted by atomic mass is 31.2. The Balaban J connectivity index is 3.02. The van der Waals surface area contributed by atoms with Gasteiger partial charge in [0, 0.05) is 0 Å². The lowest BCUT2D eigenvalue weighted by Crippen LogP contribution is -2.27. The molecule has 0 aromatic heterocycles. The lowest BCUT2D eigenvalue weighted by atomic mass is 10.1. The minimum Gasteiger partial charge on any atom is -0.314 e. The molecule has 0 aliphatic heterocycles. The zero-order valence-corrected chi connectivity index (χ0v) is 18.1. The Morgan fingerprint density at radius 1 is 1.09 bits per heavy atom. The van der Waals surface area contributed by atoms with E-state index in [0.717, 1.165) is 0 Å². The Kier molecular flexibility index (Phi) is 6.78. The third kappa shape index (κ3) is 5.09. The summed E-state index contributed by atoms with van der Waals surface area (Å²) in [5.74, 6) is 1.38. The van der Waals surface area contributed by atoms with Gasteiger partial charge in [-0.1, -0.05) is 56.4 Å². The largest absolute Gasteiger partial charge is 0.314 e. The molecule has 0 saturated heterocycles. The monoisotopic (exact) mass is 340 g/mol. The Labute approximate surface area is 141 Å². The van der Waals surface area contributed by atoms with Crippen LogP contribution in [0.3, 0.4) is 0 Å². The predicted molar refractivity (Wildman–Crippen MR) is 108 cm³/mol. The summed E-state index contributed by atoms with van der Waals surface area (Å²) >= 11 is 0. The normalized spacial score (nSPS) is 16.4. The highest BCUT2D eigenvalue weighted by Gasteiger charge is 2.35. The van der Waals surface area contributed by atoms with Crippen LogP contribution in [0.1, 0.15) is 60.1 Å². The molecule has 1 aromatic rings. The average molecular weight is 340 g/mol. The van der Waals surface area contributed by atoms with Gasteiger partial charge < -0.3 is 4.90 Å². The summed E-state index contributed by atoms with van der Waals surface area (Å²) in [4.78, 5) is 2.32. The third-order valence-corrected chi connectivity index (χ3v) is 11.7. The van der Waals surface area contributed by atoms with Gasteiger partial charge in [-0.15, -0.1) is 18.8 Å². The third-order valence-electron chi connectivity index (χ3n) is 4.43. The number of nitrogens with zero attached hydrogens (tertiary/aromatic N) is 1. The van der Waals surface area contributed by atoms with Gasteiger partial charge in [0.2, 0.25) is 0 Å². The minimum atomic E-state index is -0.0824. The maximum atomic E-state index is 2.49. The van der Waals surface area contributed by atoms with Crippen LogP contribution in [0.4, 0.5) is 0 Å². The SMILES string of the molecule is C[C@@H]([c-]1cccc1[P@@](C)CP(C(C)(C)C)C(C)(C)C)N(C)C. The summed E-state index contributed by atoms with van der Waals surface area (Å²) in [7, 11) is 4.25. The molecule has 22 heavy (non-hydrogen) atoms. The lowest BCUT2D eigenvalue weighted by Gasteiger charge is -2.44. The van der Waals surface area contributed by atoms with E-state index in [1.807, 2.05) is 0 Å². The fraction of sp³-hybridized carbons (Fsp3) is 0.737. The molecule has 0 unspecified atom stereocenters. The van der Waals surface area contributed by atoms with Gasteiger partial charge in [-0.3, -0.25) is 0 Å². The first-order chi connectivity index (χ1) is 9.85. The molecular formula is C19H36NP2-. The summed E-state index contributed by atoms with van der Waals surface area (Å²) in [6, 6.07) is 7.46. The van der Waals surface area contributed by atoms with E-state index in [0.29, 0.717) is 16.4 Å². The molecule has 0 fully saturated rings. The molecule has 3 heteroatoms. The van der Waals surface area contributed by atoms with Gasteiger partial charge in [0.05, 0.1) is 0 Å². The van der Waals surface area contributed by atoms with Crippen LogP contribution in [0, 0.1) is 0 Å². The summed E-state index contributed by atoms with van der Waals surface area (Å²) in [5, 5.41) is 2.46. The van der Waals surface area contributed by atoms with Crippen LogP contribution in [-0.2, 0) is 0 Å². The van der Waals surface area contributed by atoms with Crippen LogP contribution in [0.5, 0.6) is 0 Å². The van der Waals surface area contributed by atoms with Gasteiger partial charge in [-0.25, -0.2) is 12.1 Å². The number of rotatable bonds is 5. The van der Waals surface area contributed by atoms with Crippen LogP contribution in [-0.4, -0.2) is 41.9 Å². The standard InChI is InChI=1S/C19H36NP2/c1-15(20(8)9)16-12-11-13-17(16)21(10)14-22(18(2,3)4)19(5,6)7/h11-13,15H,14H2,1-10H3/q-1/t15-,21-/m0/s1. The van der Waals surface area contributed by atoms with Crippen LogP contribution in [0.15, 0.2) is 18.2 Å². The van der Waals surface area contributed by atoms with E-state index in [-0.39, 0.29) is 15.8 Å². The van der Waals surface area contributed by atoms with Crippen molar-refractivity contribution in [3.63, 3.8) is 0 Å². The van der Waals surface area contributed by atoms with Gasteiger partial charge in [-0.05, 0) is 43.0 Å². The highest BCUT2D eigenvalue weighted by molar-refractivity contribution is 7.79. The first kappa shape index (κ1) is 20.2. The summed E-state index contributed by atoms with van der Waals surface area (Å²) in [6.45, 7) is 19.4. The van der Waals surface area contributed by atoms with Gasteiger partial charge in [0.25, 0.3) is 0 Å². The quantitative estimate of drug-likeness (QED) is 0.483. The molecule has 0 radical (unpaired) electrons. The van der Waals surface area contributed by atoms with Crippen LogP contribution < -0.4 is 5.30 Å². The number of hydrogen-bond donors (Lipinski definition) is 0. The predicted octanol–water partition coefficient (Wildman–Crippen LogP) is 5.80. The first-order valence-electron chi connectivity index (χ1n) is 8.26. The molecule has 0 saturated carbocycles. The van der Waals surface area contributed by atoms with Gasteiger partial charge in [0.15, 0.2) is 0 Å². The van der Waals surface area contributed by atoms with Crippen molar-refractivity contribution in [1.29, 1.82) is 0 Å². The first-order valence-corrected chi connectivity index (χ1v) is 11.8. The Hall–Kier alpha value is 0.170. The van der Waals surface area contributed by atoms with E-state index < -0.39 is 0 Å². The fourth-order valence-corrected chi connectivity index (χ4v) is 11.9. The Morgan fingerprint density at radius 3 is 2.00 bits per heavy atom. The zero-order chi connectivity index (χ0) is 17.3. The molecule has 128 valence electrons. The van der Waals surface area contributed by atoms with Crippen LogP contribution in [0.25, 0.3) is 0 Å². The molecule has 1 nitrogen and oxygen atoms in total. The smallest absolute Gasteiger partial charge is 0.00923 e. The van der Waals surface area contributed by atoms with E-state index in [1.54, 1.807) is 5.30 Å². The van der Waals surface area contributed by atoms with E-state index in [4.69, 9.17) is 0 Å². The second-order valence-corrected chi connectivity index (χ2v) is 15.2. The zero-order valence-electron chi connectivity index (χ0n) is 16.4. The van der Waals surface area contributed by atoms with Crippen molar-refractivity contribution in [2.75, 3.05) is 26.7 Å². The summed E-state index contributed by atoms with van der Waals surface area (Å²) < 4.78 is 0. The molecule has 0 bridgehead atoms. The Bertz CT molecular complexity index is 449. The maximum absolute atomic E-state index is 2.49. The van der Waals surface area contributed by atoms with Crippen LogP contribution >= 0.6 is 15.8 Å². The fourth-order valence-electron chi connectivity index (χ4n) is 3.12. The van der Waals surface area contributed by atoms with Crippen molar-refractivity contribution < 1.29 is 0 Å². The highest BCUT2D eigenvalue weighted by Crippen LogP contribution is 2.64. The van der Waals surface area contributed by atoms with Gasteiger partial charge in [-0.2, -0.15) is 6.07 Å². The average Bonchev–Trinajstić information content (AvgIpc) is 2.80. The molecule has 0 N–H and O–H groups in total. The molecule has 0 heterocycles. The lowest BCUT2D eigenvalue weighted by molar-refractivity contribution is 0.323. The second kappa shape index (κ2) is 7.38. The van der Waals surface area contributed by atoms with Crippen molar-refractivity contribution in [2.24, 2.45) is 0 Å². The van der Waals surface area contributed by atoms with Crippen LogP contribution in [0.2, 0.25) is 0 Å². The molecule has 0 amide bonds. The molecule has 1 aromatic carbocycles. The van der Waals surface area contributed by atoms with Crippen molar-refractivity contribution in [3.8, 4) is 0 Å². The van der Waals surface area contributed by atoms with Gasteiger partial charge >= 0.3 is 0 Å². The Morgan fingerprint density at radius 2 is 1.59 bits per heavy atom. The second-order valence-electron chi connectivity index (χ2n) is 8.61. The van der Waals surface area contributed by atoms with Crippen molar-refractivity contribution >= 4 is 21.1 Å². The van der Waals surface area contributed by atoms with E-state index >= 15 is 0 Å². The molecule has 0 aliphatic rings. The molecule has 0 spiro atoms. The summed E-state index contributed by atoms with van der Waals surface area (Å²) in [6.07, 6.45) is 0. The van der Waals surface area contributed by atoms with Crippen molar-refractivity contribution in [1.82, 2.24) is 4.90 Å². The molecular weight excluding hydrogens is 304 g/mol. The van der Waals surface area contributed by atoms with E-state index in [2.05, 4.69) is 92.3 Å². The number of hydrogen-bond acceptors (Lipinski definition) is 1. The summed E-state index contributed by atoms with van der Waals surface area (Å²) in [5.41, 5.74) is 1.54. The van der Waals surface area contributed by atoms with Crippen molar-refractivity contribution in [2.45, 2.75) is 64.8 Å². The molecule has 0 aliphatic carbocycles.